The van der Waals surface area contributed by atoms with Crippen LogP contribution in [0.4, 0.5) is 17.1 Å². The lowest BCUT2D eigenvalue weighted by molar-refractivity contribution is 0.0527. The van der Waals surface area contributed by atoms with Gasteiger partial charge < -0.3 is 15.8 Å². The molecule has 0 aliphatic carbocycles. The molecule has 5 heteroatoms. The summed E-state index contributed by atoms with van der Waals surface area (Å²) in [7, 11) is 0. The highest BCUT2D eigenvalue weighted by molar-refractivity contribution is 6.33. The van der Waals surface area contributed by atoms with Crippen molar-refractivity contribution in [3.63, 3.8) is 0 Å². The Bertz CT molecular complexity index is 651. The average molecular weight is 305 g/mol. The Labute approximate surface area is 128 Å². The zero-order valence-electron chi connectivity index (χ0n) is 11.9. The van der Waals surface area contributed by atoms with E-state index in [-0.39, 0.29) is 0 Å². The summed E-state index contributed by atoms with van der Waals surface area (Å²) in [6, 6.07) is 10.7. The summed E-state index contributed by atoms with van der Waals surface area (Å²) in [4.78, 5) is 12.0. The van der Waals surface area contributed by atoms with Crippen LogP contribution in [0.1, 0.15) is 22.8 Å². The van der Waals surface area contributed by atoms with Crippen LogP contribution >= 0.6 is 11.6 Å². The van der Waals surface area contributed by atoms with Gasteiger partial charge in [-0.2, -0.15) is 0 Å². The summed E-state index contributed by atoms with van der Waals surface area (Å²) in [5, 5.41) is 3.72. The topological polar surface area (TPSA) is 64.3 Å². The number of hydrogen-bond donors (Lipinski definition) is 2. The maximum Gasteiger partial charge on any atom is 0.340 e. The van der Waals surface area contributed by atoms with Crippen molar-refractivity contribution in [1.29, 1.82) is 0 Å². The Morgan fingerprint density at radius 3 is 2.62 bits per heavy atom. The zero-order valence-corrected chi connectivity index (χ0v) is 12.7. The van der Waals surface area contributed by atoms with Gasteiger partial charge in [-0.25, -0.2) is 4.79 Å². The van der Waals surface area contributed by atoms with Crippen LogP contribution in [0.2, 0.25) is 5.02 Å². The minimum Gasteiger partial charge on any atom is -0.462 e. The molecule has 0 spiro atoms. The predicted molar refractivity (Wildman–Crippen MR) is 86.3 cm³/mol. The van der Waals surface area contributed by atoms with Crippen LogP contribution < -0.4 is 11.1 Å². The van der Waals surface area contributed by atoms with E-state index in [0.29, 0.717) is 28.6 Å². The van der Waals surface area contributed by atoms with Gasteiger partial charge in [0.15, 0.2) is 0 Å². The number of halogens is 1. The summed E-state index contributed by atoms with van der Waals surface area (Å²) in [5.74, 6) is -0.419. The van der Waals surface area contributed by atoms with E-state index >= 15 is 0 Å². The minimum absolute atomic E-state index is 0.304. The van der Waals surface area contributed by atoms with Gasteiger partial charge in [-0.3, -0.25) is 0 Å². The van der Waals surface area contributed by atoms with Gasteiger partial charge >= 0.3 is 5.97 Å². The first-order chi connectivity index (χ1) is 10.0. The van der Waals surface area contributed by atoms with Crippen molar-refractivity contribution in [3.05, 3.63) is 52.5 Å². The summed E-state index contributed by atoms with van der Waals surface area (Å²) < 4.78 is 5.05. The summed E-state index contributed by atoms with van der Waals surface area (Å²) in [6.45, 7) is 3.99. The SMILES string of the molecule is CCOC(=O)c1cccc(N)c1Nc1c(C)cccc1Cl. The summed E-state index contributed by atoms with van der Waals surface area (Å²) in [6.07, 6.45) is 0. The summed E-state index contributed by atoms with van der Waals surface area (Å²) in [5.41, 5.74) is 9.02. The quantitative estimate of drug-likeness (QED) is 0.658. The van der Waals surface area contributed by atoms with Crippen LogP contribution in [-0.2, 0) is 4.74 Å². The average Bonchev–Trinajstić information content (AvgIpc) is 2.44. The number of carbonyl (C=O) groups excluding carboxylic acids is 1. The predicted octanol–water partition coefficient (Wildman–Crippen LogP) is 4.15. The largest absolute Gasteiger partial charge is 0.462 e. The number of ether oxygens (including phenoxy) is 1. The number of benzene rings is 2. The molecule has 0 bridgehead atoms. The number of hydrogen-bond acceptors (Lipinski definition) is 4. The first kappa shape index (κ1) is 15.2. The van der Waals surface area contributed by atoms with E-state index < -0.39 is 5.97 Å². The highest BCUT2D eigenvalue weighted by Crippen LogP contribution is 2.33. The Kier molecular flexibility index (Phi) is 4.70. The number of nitrogens with one attached hydrogen (secondary N) is 1. The number of carbonyl (C=O) groups is 1. The molecule has 0 atom stereocenters. The van der Waals surface area contributed by atoms with Gasteiger partial charge in [-0.1, -0.05) is 29.8 Å². The first-order valence-electron chi connectivity index (χ1n) is 6.62. The van der Waals surface area contributed by atoms with E-state index in [1.54, 1.807) is 31.2 Å². The molecule has 0 heterocycles. The van der Waals surface area contributed by atoms with E-state index in [9.17, 15) is 4.79 Å². The number of esters is 1. The fourth-order valence-corrected chi connectivity index (χ4v) is 2.27. The third kappa shape index (κ3) is 3.28. The second-order valence-corrected chi connectivity index (χ2v) is 4.95. The van der Waals surface area contributed by atoms with E-state index in [1.165, 1.54) is 0 Å². The van der Waals surface area contributed by atoms with Gasteiger partial charge in [0, 0.05) is 0 Å². The van der Waals surface area contributed by atoms with Crippen LogP contribution in [0.15, 0.2) is 36.4 Å². The molecule has 0 aromatic heterocycles. The van der Waals surface area contributed by atoms with Crippen molar-refractivity contribution < 1.29 is 9.53 Å². The molecule has 2 rings (SSSR count). The maximum absolute atomic E-state index is 12.0. The van der Waals surface area contributed by atoms with Gasteiger partial charge in [0.2, 0.25) is 0 Å². The Morgan fingerprint density at radius 1 is 1.24 bits per heavy atom. The molecule has 0 saturated carbocycles. The normalized spacial score (nSPS) is 10.2. The van der Waals surface area contributed by atoms with E-state index in [2.05, 4.69) is 5.32 Å². The van der Waals surface area contributed by atoms with E-state index in [1.807, 2.05) is 19.1 Å². The van der Waals surface area contributed by atoms with Crippen LogP contribution in [0.25, 0.3) is 0 Å². The molecule has 0 aliphatic heterocycles. The smallest absolute Gasteiger partial charge is 0.340 e. The molecule has 0 aliphatic rings. The number of nitrogens with two attached hydrogens (primary N) is 1. The van der Waals surface area contributed by atoms with Crippen molar-refractivity contribution in [2.45, 2.75) is 13.8 Å². The molecular weight excluding hydrogens is 288 g/mol. The molecule has 110 valence electrons. The number of nitrogen functional groups attached to an aromatic ring is 1. The Hall–Kier alpha value is -2.20. The van der Waals surface area contributed by atoms with Crippen molar-refractivity contribution >= 4 is 34.6 Å². The zero-order chi connectivity index (χ0) is 15.4. The van der Waals surface area contributed by atoms with Gasteiger partial charge in [-0.05, 0) is 37.6 Å². The van der Waals surface area contributed by atoms with Crippen LogP contribution in [-0.4, -0.2) is 12.6 Å². The first-order valence-corrected chi connectivity index (χ1v) is 7.00. The lowest BCUT2D eigenvalue weighted by Crippen LogP contribution is -2.10. The van der Waals surface area contributed by atoms with Gasteiger partial charge in [0.1, 0.15) is 0 Å². The minimum atomic E-state index is -0.419. The monoisotopic (exact) mass is 304 g/mol. The lowest BCUT2D eigenvalue weighted by atomic mass is 10.1. The van der Waals surface area contributed by atoms with Crippen molar-refractivity contribution in [2.24, 2.45) is 0 Å². The van der Waals surface area contributed by atoms with Crippen LogP contribution in [0, 0.1) is 6.92 Å². The standard InChI is InChI=1S/C16H17ClN2O2/c1-3-21-16(20)11-7-5-9-13(18)15(11)19-14-10(2)6-4-8-12(14)17/h4-9,19H,3,18H2,1-2H3. The van der Waals surface area contributed by atoms with Gasteiger partial charge in [0.25, 0.3) is 0 Å². The highest BCUT2D eigenvalue weighted by Gasteiger charge is 2.16. The Balaban J connectivity index is 2.46. The van der Waals surface area contributed by atoms with E-state index in [4.69, 9.17) is 22.1 Å². The molecular formula is C16H17ClN2O2. The lowest BCUT2D eigenvalue weighted by Gasteiger charge is -2.16. The Morgan fingerprint density at radius 2 is 1.95 bits per heavy atom. The molecule has 2 aromatic rings. The molecule has 3 N–H and O–H groups in total. The molecule has 0 amide bonds. The number of rotatable bonds is 4. The second kappa shape index (κ2) is 6.50. The highest BCUT2D eigenvalue weighted by atomic mass is 35.5. The van der Waals surface area contributed by atoms with Crippen LogP contribution in [0.5, 0.6) is 0 Å². The third-order valence-electron chi connectivity index (χ3n) is 3.06. The molecule has 4 nitrogen and oxygen atoms in total. The fraction of sp³-hybridized carbons (Fsp3) is 0.188. The van der Waals surface area contributed by atoms with Gasteiger partial charge in [0.05, 0.1) is 34.3 Å². The number of anilines is 3. The van der Waals surface area contributed by atoms with Crippen molar-refractivity contribution in [2.75, 3.05) is 17.7 Å². The summed E-state index contributed by atoms with van der Waals surface area (Å²) >= 11 is 6.21. The molecule has 0 radical (unpaired) electrons. The second-order valence-electron chi connectivity index (χ2n) is 4.55. The molecule has 21 heavy (non-hydrogen) atoms. The number of aryl methyl sites for hydroxylation is 1. The molecule has 0 unspecified atom stereocenters. The van der Waals surface area contributed by atoms with Crippen LogP contribution in [0.3, 0.4) is 0 Å². The van der Waals surface area contributed by atoms with Crippen molar-refractivity contribution in [3.8, 4) is 0 Å². The van der Waals surface area contributed by atoms with Gasteiger partial charge in [-0.15, -0.1) is 0 Å². The maximum atomic E-state index is 12.0. The number of para-hydroxylation sites is 2. The fourth-order valence-electron chi connectivity index (χ4n) is 2.00. The third-order valence-corrected chi connectivity index (χ3v) is 3.38. The van der Waals surface area contributed by atoms with E-state index in [0.717, 1.165) is 11.3 Å². The van der Waals surface area contributed by atoms with Crippen molar-refractivity contribution in [1.82, 2.24) is 0 Å². The molecule has 0 fully saturated rings. The molecule has 2 aromatic carbocycles. The molecule has 0 saturated heterocycles.